The first kappa shape index (κ1) is 13.1. The van der Waals surface area contributed by atoms with E-state index in [1.54, 1.807) is 23.3 Å². The van der Waals surface area contributed by atoms with Gasteiger partial charge in [-0.05, 0) is 30.7 Å². The average Bonchev–Trinajstić information content (AvgIpc) is 2.48. The molecule has 98 valence electrons. The second-order valence-electron chi connectivity index (χ2n) is 4.15. The Balaban J connectivity index is 2.14. The molecule has 4 heteroatoms. The largest absolute Gasteiger partial charge is 0.296 e. The van der Waals surface area contributed by atoms with Gasteiger partial charge >= 0.3 is 0 Å². The number of para-hydroxylation sites is 1. The van der Waals surface area contributed by atoms with Crippen LogP contribution in [-0.4, -0.2) is 22.4 Å². The molecule has 0 atom stereocenters. The zero-order valence-corrected chi connectivity index (χ0v) is 10.9. The Bertz CT molecular complexity index is 513. The van der Waals surface area contributed by atoms with Gasteiger partial charge in [-0.1, -0.05) is 31.2 Å². The monoisotopic (exact) mass is 255 g/mol. The van der Waals surface area contributed by atoms with Crippen molar-refractivity contribution < 1.29 is 4.79 Å². The van der Waals surface area contributed by atoms with Gasteiger partial charge in [-0.2, -0.15) is 0 Å². The molecule has 0 unspecified atom stereocenters. The van der Waals surface area contributed by atoms with Crippen molar-refractivity contribution in [3.63, 3.8) is 0 Å². The highest BCUT2D eigenvalue weighted by atomic mass is 16.2. The number of nitrogens with zero attached hydrogens (tertiary/aromatic N) is 2. The third-order valence-corrected chi connectivity index (χ3v) is 2.61. The van der Waals surface area contributed by atoms with Crippen LogP contribution in [0.15, 0.2) is 54.7 Å². The molecule has 2 aromatic rings. The molecule has 0 aliphatic rings. The van der Waals surface area contributed by atoms with Crippen molar-refractivity contribution >= 4 is 11.6 Å². The molecule has 0 aliphatic carbocycles. The van der Waals surface area contributed by atoms with Crippen molar-refractivity contribution in [1.29, 1.82) is 0 Å². The average molecular weight is 255 g/mol. The standard InChI is InChI=1S/C15H17N3O/c1-2-12-18(17-13-8-4-3-5-9-13)15(19)14-10-6-7-11-16-14/h3-11,17H,2,12H2,1H3. The summed E-state index contributed by atoms with van der Waals surface area (Å²) in [6.45, 7) is 2.66. The fraction of sp³-hybridized carbons (Fsp3) is 0.200. The molecule has 0 aliphatic heterocycles. The Kier molecular flexibility index (Phi) is 4.50. The van der Waals surface area contributed by atoms with E-state index in [2.05, 4.69) is 10.4 Å². The number of anilines is 1. The SMILES string of the molecule is CCCN(Nc1ccccc1)C(=O)c1ccccn1. The van der Waals surface area contributed by atoms with Gasteiger partial charge in [0.2, 0.25) is 0 Å². The molecule has 0 bridgehead atoms. The van der Waals surface area contributed by atoms with Crippen LogP contribution >= 0.6 is 0 Å². The summed E-state index contributed by atoms with van der Waals surface area (Å²) in [5.74, 6) is -0.119. The van der Waals surface area contributed by atoms with Gasteiger partial charge in [0, 0.05) is 12.7 Å². The summed E-state index contributed by atoms with van der Waals surface area (Å²) in [6.07, 6.45) is 2.50. The van der Waals surface area contributed by atoms with Crippen LogP contribution in [0.4, 0.5) is 5.69 Å². The van der Waals surface area contributed by atoms with Crippen LogP contribution in [0.3, 0.4) is 0 Å². The summed E-state index contributed by atoms with van der Waals surface area (Å²) in [6, 6.07) is 15.0. The van der Waals surface area contributed by atoms with E-state index < -0.39 is 0 Å². The summed E-state index contributed by atoms with van der Waals surface area (Å²) >= 11 is 0. The maximum absolute atomic E-state index is 12.3. The molecular formula is C15H17N3O. The number of hydrazine groups is 1. The zero-order valence-electron chi connectivity index (χ0n) is 10.9. The highest BCUT2D eigenvalue weighted by Gasteiger charge is 2.15. The van der Waals surface area contributed by atoms with Crippen molar-refractivity contribution in [2.75, 3.05) is 12.0 Å². The van der Waals surface area contributed by atoms with Crippen molar-refractivity contribution in [3.8, 4) is 0 Å². The molecule has 1 N–H and O–H groups in total. The predicted octanol–water partition coefficient (Wildman–Crippen LogP) is 2.96. The Morgan fingerprint density at radius 1 is 1.16 bits per heavy atom. The number of hydrogen-bond donors (Lipinski definition) is 1. The first-order valence-corrected chi connectivity index (χ1v) is 6.36. The third-order valence-electron chi connectivity index (χ3n) is 2.61. The van der Waals surface area contributed by atoms with Gasteiger partial charge in [0.05, 0.1) is 5.69 Å². The van der Waals surface area contributed by atoms with Gasteiger partial charge in [0.1, 0.15) is 5.69 Å². The zero-order chi connectivity index (χ0) is 13.5. The first-order chi connectivity index (χ1) is 9.31. The van der Waals surface area contributed by atoms with Gasteiger partial charge < -0.3 is 0 Å². The Hall–Kier alpha value is -2.36. The summed E-state index contributed by atoms with van der Waals surface area (Å²) in [5, 5.41) is 1.59. The highest BCUT2D eigenvalue weighted by molar-refractivity contribution is 5.93. The third kappa shape index (κ3) is 3.55. The number of hydrogen-bond acceptors (Lipinski definition) is 3. The van der Waals surface area contributed by atoms with Crippen molar-refractivity contribution in [1.82, 2.24) is 9.99 Å². The van der Waals surface area contributed by atoms with Gasteiger partial charge in [-0.3, -0.25) is 20.2 Å². The second kappa shape index (κ2) is 6.54. The molecule has 1 aromatic carbocycles. The van der Waals surface area contributed by atoms with Gasteiger partial charge in [0.15, 0.2) is 0 Å². The van der Waals surface area contributed by atoms with E-state index in [9.17, 15) is 4.79 Å². The van der Waals surface area contributed by atoms with Crippen LogP contribution in [0.5, 0.6) is 0 Å². The molecule has 4 nitrogen and oxygen atoms in total. The van der Waals surface area contributed by atoms with E-state index in [0.717, 1.165) is 12.1 Å². The Morgan fingerprint density at radius 3 is 2.53 bits per heavy atom. The highest BCUT2D eigenvalue weighted by Crippen LogP contribution is 2.09. The van der Waals surface area contributed by atoms with Gasteiger partial charge in [0.25, 0.3) is 5.91 Å². The van der Waals surface area contributed by atoms with Crippen LogP contribution < -0.4 is 5.43 Å². The Labute approximate surface area is 113 Å². The first-order valence-electron chi connectivity index (χ1n) is 6.36. The number of carbonyl (C=O) groups excluding carboxylic acids is 1. The number of rotatable bonds is 5. The minimum atomic E-state index is -0.119. The lowest BCUT2D eigenvalue weighted by atomic mass is 10.3. The molecule has 1 amide bonds. The van der Waals surface area contributed by atoms with E-state index in [1.807, 2.05) is 43.3 Å². The molecule has 0 saturated carbocycles. The Morgan fingerprint density at radius 2 is 1.89 bits per heavy atom. The number of nitrogens with one attached hydrogen (secondary N) is 1. The normalized spacial score (nSPS) is 9.95. The van der Waals surface area contributed by atoms with Crippen molar-refractivity contribution in [2.45, 2.75) is 13.3 Å². The minimum Gasteiger partial charge on any atom is -0.296 e. The van der Waals surface area contributed by atoms with Crippen molar-refractivity contribution in [2.24, 2.45) is 0 Å². The predicted molar refractivity (Wildman–Crippen MR) is 75.6 cm³/mol. The van der Waals surface area contributed by atoms with E-state index >= 15 is 0 Å². The maximum atomic E-state index is 12.3. The second-order valence-corrected chi connectivity index (χ2v) is 4.15. The van der Waals surface area contributed by atoms with Gasteiger partial charge in [-0.15, -0.1) is 0 Å². The van der Waals surface area contributed by atoms with E-state index in [1.165, 1.54) is 0 Å². The number of benzene rings is 1. The number of carbonyl (C=O) groups is 1. The van der Waals surface area contributed by atoms with E-state index in [4.69, 9.17) is 0 Å². The lowest BCUT2D eigenvalue weighted by Gasteiger charge is -2.23. The fourth-order valence-corrected chi connectivity index (χ4v) is 1.73. The molecule has 19 heavy (non-hydrogen) atoms. The van der Waals surface area contributed by atoms with Gasteiger partial charge in [-0.25, -0.2) is 0 Å². The topological polar surface area (TPSA) is 45.2 Å². The lowest BCUT2D eigenvalue weighted by Crippen LogP contribution is -2.37. The number of amides is 1. The summed E-state index contributed by atoms with van der Waals surface area (Å²) in [5.41, 5.74) is 4.45. The smallest absolute Gasteiger partial charge is 0.290 e. The number of pyridine rings is 1. The van der Waals surface area contributed by atoms with Crippen LogP contribution in [0.25, 0.3) is 0 Å². The number of aromatic nitrogens is 1. The van der Waals surface area contributed by atoms with E-state index in [0.29, 0.717) is 12.2 Å². The summed E-state index contributed by atoms with van der Waals surface area (Å²) in [4.78, 5) is 16.4. The minimum absolute atomic E-state index is 0.119. The molecule has 1 heterocycles. The quantitative estimate of drug-likeness (QED) is 0.835. The van der Waals surface area contributed by atoms with Crippen LogP contribution in [0.1, 0.15) is 23.8 Å². The maximum Gasteiger partial charge on any atom is 0.290 e. The fourth-order valence-electron chi connectivity index (χ4n) is 1.73. The van der Waals surface area contributed by atoms with Crippen LogP contribution in [0.2, 0.25) is 0 Å². The molecule has 1 aromatic heterocycles. The molecule has 0 fully saturated rings. The molecular weight excluding hydrogens is 238 g/mol. The van der Waals surface area contributed by atoms with E-state index in [-0.39, 0.29) is 5.91 Å². The molecule has 2 rings (SSSR count). The molecule has 0 radical (unpaired) electrons. The lowest BCUT2D eigenvalue weighted by molar-refractivity contribution is 0.0787. The van der Waals surface area contributed by atoms with Crippen molar-refractivity contribution in [3.05, 3.63) is 60.4 Å². The molecule has 0 saturated heterocycles. The van der Waals surface area contributed by atoms with Crippen LogP contribution in [-0.2, 0) is 0 Å². The molecule has 0 spiro atoms. The van der Waals surface area contributed by atoms with Crippen LogP contribution in [0, 0.1) is 0 Å². The summed E-state index contributed by atoms with van der Waals surface area (Å²) in [7, 11) is 0. The summed E-state index contributed by atoms with van der Waals surface area (Å²) < 4.78 is 0.